The van der Waals surface area contributed by atoms with E-state index in [9.17, 15) is 21.6 Å². The number of hydrogen-bond donors (Lipinski definition) is 3. The van der Waals surface area contributed by atoms with Gasteiger partial charge in [-0.2, -0.15) is 13.2 Å². The minimum Gasteiger partial charge on any atom is -0.437 e. The summed E-state index contributed by atoms with van der Waals surface area (Å²) in [6.07, 6.45) is -1.12. The summed E-state index contributed by atoms with van der Waals surface area (Å²) in [5, 5.41) is 8.37. The Morgan fingerprint density at radius 2 is 1.90 bits per heavy atom. The van der Waals surface area contributed by atoms with Crippen molar-refractivity contribution in [3.05, 3.63) is 53.2 Å². The maximum absolute atomic E-state index is 12.8. The molecule has 41 heavy (non-hydrogen) atoms. The van der Waals surface area contributed by atoms with Crippen LogP contribution in [0.25, 0.3) is 21.3 Å². The van der Waals surface area contributed by atoms with E-state index < -0.39 is 22.0 Å². The van der Waals surface area contributed by atoms with Crippen molar-refractivity contribution in [3.8, 4) is 22.2 Å². The van der Waals surface area contributed by atoms with E-state index in [1.165, 1.54) is 17.4 Å². The highest BCUT2D eigenvalue weighted by Gasteiger charge is 2.35. The number of rotatable bonds is 8. The second kappa shape index (κ2) is 12.3. The van der Waals surface area contributed by atoms with Crippen molar-refractivity contribution in [1.82, 2.24) is 20.3 Å². The monoisotopic (exact) mass is 628 g/mol. The molecule has 5 rings (SSSR count). The van der Waals surface area contributed by atoms with E-state index in [1.807, 2.05) is 6.92 Å². The number of alkyl halides is 3. The second-order valence-corrected chi connectivity index (χ2v) is 12.4. The number of sulfonamides is 1. The smallest absolute Gasteiger partial charge is 0.404 e. The zero-order valence-electron chi connectivity index (χ0n) is 22.1. The lowest BCUT2D eigenvalue weighted by molar-refractivity contribution is -0.106. The number of benzene rings is 2. The molecule has 2 aromatic carbocycles. The van der Waals surface area contributed by atoms with Gasteiger partial charge in [0, 0.05) is 29.6 Å². The Labute approximate surface area is 245 Å². The van der Waals surface area contributed by atoms with Crippen LogP contribution in [0.4, 0.5) is 24.8 Å². The minimum atomic E-state index is -4.87. The van der Waals surface area contributed by atoms with Crippen LogP contribution in [0, 0.1) is 13.8 Å². The summed E-state index contributed by atoms with van der Waals surface area (Å²) in [4.78, 5) is 14.3. The molecule has 3 N–H and O–H groups in total. The summed E-state index contributed by atoms with van der Waals surface area (Å²) in [5.41, 5.74) is 1.17. The van der Waals surface area contributed by atoms with E-state index in [2.05, 4.69) is 25.3 Å². The summed E-state index contributed by atoms with van der Waals surface area (Å²) < 4.78 is 71.3. The number of ether oxygens (including phenoxy) is 1. The molecule has 0 aliphatic carbocycles. The van der Waals surface area contributed by atoms with E-state index in [0.717, 1.165) is 30.9 Å². The van der Waals surface area contributed by atoms with Crippen LogP contribution >= 0.6 is 23.7 Å². The van der Waals surface area contributed by atoms with Gasteiger partial charge >= 0.3 is 6.18 Å². The van der Waals surface area contributed by atoms with Crippen molar-refractivity contribution in [2.45, 2.75) is 38.9 Å². The number of piperidine rings is 1. The molecule has 2 aromatic heterocycles. The maximum Gasteiger partial charge on any atom is 0.404 e. The Morgan fingerprint density at radius 1 is 1.15 bits per heavy atom. The number of halogens is 4. The number of aryl methyl sites for hydroxylation is 2. The highest BCUT2D eigenvalue weighted by atomic mass is 35.5. The predicted octanol–water partition coefficient (Wildman–Crippen LogP) is 6.05. The molecule has 0 amide bonds. The van der Waals surface area contributed by atoms with Crippen LogP contribution in [0.2, 0.25) is 0 Å². The lowest BCUT2D eigenvalue weighted by Crippen LogP contribution is -2.38. The van der Waals surface area contributed by atoms with Gasteiger partial charge in [-0.1, -0.05) is 24.3 Å². The van der Waals surface area contributed by atoms with Crippen LogP contribution in [-0.2, 0) is 10.0 Å². The van der Waals surface area contributed by atoms with Gasteiger partial charge < -0.3 is 15.4 Å². The average Bonchev–Trinajstić information content (AvgIpc) is 3.25. The molecule has 0 radical (unpaired) electrons. The highest BCUT2D eigenvalue weighted by molar-refractivity contribution is 7.92. The quantitative estimate of drug-likeness (QED) is 0.216. The summed E-state index contributed by atoms with van der Waals surface area (Å²) in [6.45, 7) is 5.36. The number of nitrogens with zero attached hydrogens (tertiary/aromatic N) is 3. The standard InChI is InChI=1S/C26H27F3N6O3S2.ClH/c1-15-12-21(35-40(36,37)14-26(27,28)29)18-7-3-4-8-19(18)22(15)38-24-23(39-16(2)32-24)20-9-11-31-25(34-20)33-17-6-5-10-30-13-17;/h3-4,7-9,11-12,17,30,35H,5-6,10,13-14H2,1-2H3,(H,31,33,34);1H/t17-;/m0./s1. The molecule has 0 unspecified atom stereocenters. The zero-order valence-corrected chi connectivity index (χ0v) is 24.5. The normalized spacial score (nSPS) is 15.8. The SMILES string of the molecule is Cc1nc(Oc2c(C)cc(NS(=O)(=O)CC(F)(F)F)c3ccccc23)c(-c2ccnc(N[C@H]3CCCNC3)n2)s1.Cl. The predicted molar refractivity (Wildman–Crippen MR) is 157 cm³/mol. The molecule has 220 valence electrons. The van der Waals surface area contributed by atoms with Crippen LogP contribution in [0.15, 0.2) is 42.6 Å². The first-order valence-corrected chi connectivity index (χ1v) is 15.0. The molecule has 3 heterocycles. The van der Waals surface area contributed by atoms with E-state index in [1.54, 1.807) is 43.5 Å². The molecule has 1 saturated heterocycles. The molecule has 1 aliphatic rings. The van der Waals surface area contributed by atoms with Crippen molar-refractivity contribution in [3.63, 3.8) is 0 Å². The Hall–Kier alpha value is -3.20. The lowest BCUT2D eigenvalue weighted by Gasteiger charge is -2.23. The third-order valence-electron chi connectivity index (χ3n) is 6.22. The third-order valence-corrected chi connectivity index (χ3v) is 8.43. The van der Waals surface area contributed by atoms with Crippen molar-refractivity contribution in [2.24, 2.45) is 0 Å². The summed E-state index contributed by atoms with van der Waals surface area (Å²) in [7, 11) is -4.68. The van der Waals surface area contributed by atoms with Crippen LogP contribution in [0.3, 0.4) is 0 Å². The zero-order chi connectivity index (χ0) is 28.5. The number of fused-ring (bicyclic) bond motifs is 1. The molecule has 1 fully saturated rings. The van der Waals surface area contributed by atoms with Crippen molar-refractivity contribution in [1.29, 1.82) is 0 Å². The molecule has 0 saturated carbocycles. The maximum atomic E-state index is 12.8. The first kappa shape index (κ1) is 30.8. The van der Waals surface area contributed by atoms with Gasteiger partial charge in [0.05, 0.1) is 16.4 Å². The molecule has 1 atom stereocenters. The fourth-order valence-electron chi connectivity index (χ4n) is 4.58. The first-order valence-electron chi connectivity index (χ1n) is 12.5. The second-order valence-electron chi connectivity index (χ2n) is 9.51. The van der Waals surface area contributed by atoms with Gasteiger partial charge in [-0.15, -0.1) is 23.7 Å². The van der Waals surface area contributed by atoms with E-state index in [0.29, 0.717) is 44.5 Å². The summed E-state index contributed by atoms with van der Waals surface area (Å²) >= 11 is 1.40. The average molecular weight is 629 g/mol. The lowest BCUT2D eigenvalue weighted by atomic mass is 10.0. The topological polar surface area (TPSA) is 118 Å². The Morgan fingerprint density at radius 3 is 2.61 bits per heavy atom. The molecular weight excluding hydrogens is 601 g/mol. The van der Waals surface area contributed by atoms with E-state index in [-0.39, 0.29) is 24.1 Å². The van der Waals surface area contributed by atoms with Crippen LogP contribution in [0.1, 0.15) is 23.4 Å². The number of hydrogen-bond acceptors (Lipinski definition) is 9. The largest absolute Gasteiger partial charge is 0.437 e. The summed E-state index contributed by atoms with van der Waals surface area (Å²) in [6, 6.07) is 10.2. The Kier molecular flexibility index (Phi) is 9.26. The molecule has 9 nitrogen and oxygen atoms in total. The van der Waals surface area contributed by atoms with Gasteiger partial charge in [-0.25, -0.2) is 23.4 Å². The number of aromatic nitrogens is 3. The van der Waals surface area contributed by atoms with Gasteiger partial charge in [0.1, 0.15) is 10.6 Å². The molecule has 1 aliphatic heterocycles. The number of thiazole rings is 1. The molecule has 15 heteroatoms. The highest BCUT2D eigenvalue weighted by Crippen LogP contribution is 2.42. The fourth-order valence-corrected chi connectivity index (χ4v) is 6.40. The number of anilines is 2. The minimum absolute atomic E-state index is 0. The van der Waals surface area contributed by atoms with Gasteiger partial charge in [-0.3, -0.25) is 4.72 Å². The van der Waals surface area contributed by atoms with E-state index in [4.69, 9.17) is 9.72 Å². The number of nitrogens with one attached hydrogen (secondary N) is 3. The molecule has 0 bridgehead atoms. The van der Waals surface area contributed by atoms with Gasteiger partial charge in [0.15, 0.2) is 5.75 Å². The molecule has 0 spiro atoms. The fraction of sp³-hybridized carbons (Fsp3) is 0.346. The van der Waals surface area contributed by atoms with Crippen molar-refractivity contribution in [2.75, 3.05) is 28.9 Å². The van der Waals surface area contributed by atoms with Crippen LogP contribution < -0.4 is 20.1 Å². The molecule has 4 aromatic rings. The Balaban J connectivity index is 0.00000387. The summed E-state index contributed by atoms with van der Waals surface area (Å²) in [5.74, 6) is -0.771. The van der Waals surface area contributed by atoms with Crippen LogP contribution in [-0.4, -0.2) is 54.4 Å². The van der Waals surface area contributed by atoms with Crippen LogP contribution in [0.5, 0.6) is 11.6 Å². The Bertz CT molecular complexity index is 1640. The first-order chi connectivity index (χ1) is 19.0. The van der Waals surface area contributed by atoms with Gasteiger partial charge in [0.2, 0.25) is 21.9 Å². The molecular formula is C26H28ClF3N6O3S2. The van der Waals surface area contributed by atoms with Crippen molar-refractivity contribution >= 4 is 56.2 Å². The third kappa shape index (κ3) is 7.56. The van der Waals surface area contributed by atoms with E-state index >= 15 is 0 Å². The van der Waals surface area contributed by atoms with Crippen molar-refractivity contribution < 1.29 is 26.3 Å². The van der Waals surface area contributed by atoms with Gasteiger partial charge in [-0.05, 0) is 50.9 Å². The van der Waals surface area contributed by atoms with Gasteiger partial charge in [0.25, 0.3) is 0 Å².